The van der Waals surface area contributed by atoms with Crippen LogP contribution in [0.25, 0.3) is 0 Å². The average molecular weight is 444 g/mol. The zero-order chi connectivity index (χ0) is 23.9. The van der Waals surface area contributed by atoms with Crippen LogP contribution in [0.5, 0.6) is 0 Å². The van der Waals surface area contributed by atoms with Crippen LogP contribution in [0.2, 0.25) is 0 Å². The van der Waals surface area contributed by atoms with E-state index in [1.165, 1.54) is 6.92 Å². The topological polar surface area (TPSA) is 85.3 Å². The predicted octanol–water partition coefficient (Wildman–Crippen LogP) is 3.42. The molecule has 1 aliphatic rings. The van der Waals surface area contributed by atoms with Crippen molar-refractivity contribution in [3.05, 3.63) is 0 Å². The highest BCUT2D eigenvalue weighted by atomic mass is 16.7. The van der Waals surface area contributed by atoms with Gasteiger partial charge in [-0.1, -0.05) is 34.1 Å². The Hall–Kier alpha value is -1.02. The molecule has 1 rings (SSSR count). The van der Waals surface area contributed by atoms with Crippen LogP contribution in [-0.2, 0) is 23.8 Å². The van der Waals surface area contributed by atoms with E-state index in [0.717, 1.165) is 12.7 Å². The Morgan fingerprint density at radius 3 is 2.42 bits per heavy atom. The van der Waals surface area contributed by atoms with Gasteiger partial charge in [-0.05, 0) is 59.0 Å². The first-order valence-electron chi connectivity index (χ1n) is 11.6. The molecule has 0 radical (unpaired) electrons. The molecular formula is C24H45NO6. The van der Waals surface area contributed by atoms with Gasteiger partial charge in [-0.25, -0.2) is 0 Å². The molecule has 1 N–H and O–H groups in total. The molecule has 0 saturated carbocycles. The lowest BCUT2D eigenvalue weighted by Gasteiger charge is -2.46. The van der Waals surface area contributed by atoms with E-state index in [2.05, 4.69) is 13.8 Å². The van der Waals surface area contributed by atoms with Crippen molar-refractivity contribution in [1.29, 1.82) is 0 Å². The normalized spacial score (nSPS) is 30.2. The molecule has 1 heterocycles. The van der Waals surface area contributed by atoms with Crippen LogP contribution in [-0.4, -0.2) is 72.6 Å². The lowest BCUT2D eigenvalue weighted by molar-refractivity contribution is -0.297. The second kappa shape index (κ2) is 12.3. The number of hydrogen-bond donors (Lipinski definition) is 1. The monoisotopic (exact) mass is 443 g/mol. The zero-order valence-corrected chi connectivity index (χ0v) is 21.0. The van der Waals surface area contributed by atoms with E-state index in [4.69, 9.17) is 14.2 Å². The number of esters is 1. The molecule has 7 nitrogen and oxygen atoms in total. The third-order valence-electron chi connectivity index (χ3n) is 6.40. The second-order valence-corrected chi connectivity index (χ2v) is 10.1. The van der Waals surface area contributed by atoms with Crippen LogP contribution in [0.4, 0.5) is 0 Å². The summed E-state index contributed by atoms with van der Waals surface area (Å²) in [5, 5.41) is 11.5. The summed E-state index contributed by atoms with van der Waals surface area (Å²) in [4.78, 5) is 25.1. The summed E-state index contributed by atoms with van der Waals surface area (Å²) >= 11 is 0. The van der Waals surface area contributed by atoms with E-state index in [1.807, 2.05) is 39.8 Å². The highest BCUT2D eigenvalue weighted by Crippen LogP contribution is 2.35. The summed E-state index contributed by atoms with van der Waals surface area (Å²) in [6, 6.07) is -0.0676. The van der Waals surface area contributed by atoms with Crippen LogP contribution in [0.1, 0.15) is 74.1 Å². The number of nitrogens with zero attached hydrogens (tertiary/aromatic N) is 1. The van der Waals surface area contributed by atoms with Gasteiger partial charge in [0, 0.05) is 12.8 Å². The number of aldehydes is 1. The third-order valence-corrected chi connectivity index (χ3v) is 6.40. The quantitative estimate of drug-likeness (QED) is 0.365. The van der Waals surface area contributed by atoms with Gasteiger partial charge in [-0.2, -0.15) is 0 Å². The molecular weight excluding hydrogens is 398 g/mol. The fraction of sp³-hybridized carbons (Fsp3) is 0.917. The third kappa shape index (κ3) is 8.44. The van der Waals surface area contributed by atoms with E-state index < -0.39 is 30.1 Å². The van der Waals surface area contributed by atoms with Gasteiger partial charge in [0.2, 0.25) is 0 Å². The Bertz CT molecular complexity index is 566. The highest BCUT2D eigenvalue weighted by molar-refractivity contribution is 5.66. The van der Waals surface area contributed by atoms with Crippen LogP contribution in [0.3, 0.4) is 0 Å². The number of carbonyl (C=O) groups excluding carboxylic acids is 2. The minimum atomic E-state index is -1.13. The van der Waals surface area contributed by atoms with Crippen LogP contribution >= 0.6 is 0 Å². The number of hydrogen-bond acceptors (Lipinski definition) is 7. The number of aliphatic hydroxyl groups is 1. The Morgan fingerprint density at radius 1 is 1.32 bits per heavy atom. The molecule has 2 unspecified atom stereocenters. The minimum absolute atomic E-state index is 0.0676. The predicted molar refractivity (Wildman–Crippen MR) is 121 cm³/mol. The smallest absolute Gasteiger partial charge is 0.303 e. The standard InChI is InChI=1S/C24H45NO6/c1-10-15(2)13-24(7,28)22(17(4)11-16(3)14-26)31-23-21(30-19(6)27)20(25(8)9)12-18(5)29-23/h14-18,20-23,28H,10-13H2,1-9H3/t15-,16+,17-,18?,20?,21+,22+,23-,24+/m0/s1. The molecule has 0 amide bonds. The van der Waals surface area contributed by atoms with Gasteiger partial charge in [0.1, 0.15) is 6.29 Å². The molecule has 1 fully saturated rings. The lowest BCUT2D eigenvalue weighted by atomic mass is 9.79. The number of rotatable bonds is 12. The van der Waals surface area contributed by atoms with E-state index >= 15 is 0 Å². The Labute approximate surface area is 188 Å². The van der Waals surface area contributed by atoms with Gasteiger partial charge in [0.05, 0.1) is 23.9 Å². The lowest BCUT2D eigenvalue weighted by Crippen LogP contribution is -2.59. The fourth-order valence-electron chi connectivity index (χ4n) is 4.73. The summed E-state index contributed by atoms with van der Waals surface area (Å²) in [6.45, 7) is 13.2. The summed E-state index contributed by atoms with van der Waals surface area (Å²) < 4.78 is 18.2. The van der Waals surface area contributed by atoms with Crippen molar-refractivity contribution >= 4 is 12.3 Å². The van der Waals surface area contributed by atoms with E-state index in [1.54, 1.807) is 6.92 Å². The van der Waals surface area contributed by atoms with Crippen molar-refractivity contribution in [2.45, 2.75) is 110 Å². The van der Waals surface area contributed by atoms with Crippen LogP contribution in [0.15, 0.2) is 0 Å². The summed E-state index contributed by atoms with van der Waals surface area (Å²) in [5.74, 6) is -0.336. The first kappa shape index (κ1) is 28.0. The Kier molecular flexibility index (Phi) is 11.1. The molecule has 0 aliphatic carbocycles. The van der Waals surface area contributed by atoms with E-state index in [9.17, 15) is 14.7 Å². The van der Waals surface area contributed by atoms with Gasteiger partial charge in [0.25, 0.3) is 0 Å². The Morgan fingerprint density at radius 2 is 1.94 bits per heavy atom. The summed E-state index contributed by atoms with van der Waals surface area (Å²) in [7, 11) is 3.89. The van der Waals surface area contributed by atoms with Crippen molar-refractivity contribution in [3.8, 4) is 0 Å². The van der Waals surface area contributed by atoms with Crippen molar-refractivity contribution in [1.82, 2.24) is 4.90 Å². The zero-order valence-electron chi connectivity index (χ0n) is 21.0. The van der Waals surface area contributed by atoms with Crippen LogP contribution < -0.4 is 0 Å². The summed E-state index contributed by atoms with van der Waals surface area (Å²) in [6.07, 6.45) is 1.64. The number of ether oxygens (including phenoxy) is 3. The van der Waals surface area contributed by atoms with Crippen molar-refractivity contribution in [3.63, 3.8) is 0 Å². The molecule has 1 saturated heterocycles. The largest absolute Gasteiger partial charge is 0.455 e. The molecule has 0 aromatic heterocycles. The maximum absolute atomic E-state index is 11.9. The van der Waals surface area contributed by atoms with Gasteiger partial charge in [0.15, 0.2) is 12.4 Å². The Balaban J connectivity index is 3.25. The van der Waals surface area contributed by atoms with E-state index in [0.29, 0.717) is 25.2 Å². The number of likely N-dealkylation sites (N-methyl/N-ethyl adjacent to an activating group) is 1. The molecule has 182 valence electrons. The van der Waals surface area contributed by atoms with Crippen molar-refractivity contribution in [2.75, 3.05) is 14.1 Å². The molecule has 31 heavy (non-hydrogen) atoms. The molecule has 0 bridgehead atoms. The van der Waals surface area contributed by atoms with E-state index in [-0.39, 0.29) is 24.0 Å². The molecule has 0 aromatic rings. The fourth-order valence-corrected chi connectivity index (χ4v) is 4.73. The average Bonchev–Trinajstić information content (AvgIpc) is 2.66. The van der Waals surface area contributed by atoms with Crippen molar-refractivity contribution < 1.29 is 28.9 Å². The van der Waals surface area contributed by atoms with Crippen LogP contribution in [0, 0.1) is 17.8 Å². The van der Waals surface area contributed by atoms with Gasteiger partial charge in [-0.3, -0.25) is 4.79 Å². The molecule has 7 heteroatoms. The van der Waals surface area contributed by atoms with Gasteiger partial charge < -0.3 is 29.0 Å². The molecule has 0 aromatic carbocycles. The van der Waals surface area contributed by atoms with Gasteiger partial charge in [-0.15, -0.1) is 0 Å². The SMILES string of the molecule is CC[C@H](C)C[C@@](C)(O)[C@H](O[C@@H]1OC(C)CC(N(C)C)[C@H]1OC(C)=O)[C@@H](C)C[C@@H](C)C=O. The molecule has 1 aliphatic heterocycles. The maximum atomic E-state index is 11.9. The maximum Gasteiger partial charge on any atom is 0.303 e. The second-order valence-electron chi connectivity index (χ2n) is 10.1. The highest BCUT2D eigenvalue weighted by Gasteiger charge is 2.46. The molecule has 0 spiro atoms. The minimum Gasteiger partial charge on any atom is -0.455 e. The first-order chi connectivity index (χ1) is 14.3. The van der Waals surface area contributed by atoms with Gasteiger partial charge >= 0.3 is 5.97 Å². The molecule has 9 atom stereocenters. The number of carbonyl (C=O) groups is 2. The summed E-state index contributed by atoms with van der Waals surface area (Å²) in [5.41, 5.74) is -1.13. The van der Waals surface area contributed by atoms with Crippen molar-refractivity contribution in [2.24, 2.45) is 17.8 Å². The first-order valence-corrected chi connectivity index (χ1v) is 11.6.